The van der Waals surface area contributed by atoms with Gasteiger partial charge in [-0.1, -0.05) is 97.3 Å². The molecule has 0 fully saturated rings. The van der Waals surface area contributed by atoms with Crippen LogP contribution in [0.4, 0.5) is 0 Å². The molecule has 0 amide bonds. The van der Waals surface area contributed by atoms with E-state index in [2.05, 4.69) is 94.4 Å². The van der Waals surface area contributed by atoms with Crippen molar-refractivity contribution in [2.24, 2.45) is 5.92 Å². The zero-order valence-electron chi connectivity index (χ0n) is 16.1. The van der Waals surface area contributed by atoms with Crippen LogP contribution in [0.5, 0.6) is 0 Å². The van der Waals surface area contributed by atoms with Gasteiger partial charge in [-0.2, -0.15) is 0 Å². The van der Waals surface area contributed by atoms with E-state index in [0.29, 0.717) is 5.92 Å². The number of benzene rings is 3. The molecule has 0 aromatic heterocycles. The largest absolute Gasteiger partial charge is 0.0626 e. The van der Waals surface area contributed by atoms with Crippen molar-refractivity contribution in [3.05, 3.63) is 88.5 Å². The quantitative estimate of drug-likeness (QED) is 0.472. The van der Waals surface area contributed by atoms with E-state index in [9.17, 15) is 0 Å². The molecule has 0 aliphatic heterocycles. The second kappa shape index (κ2) is 6.61. The van der Waals surface area contributed by atoms with E-state index in [0.717, 1.165) is 6.42 Å². The second-order valence-corrected chi connectivity index (χ2v) is 7.85. The van der Waals surface area contributed by atoms with Crippen LogP contribution < -0.4 is 0 Å². The van der Waals surface area contributed by atoms with Gasteiger partial charge in [0, 0.05) is 0 Å². The van der Waals surface area contributed by atoms with Crippen LogP contribution in [0.1, 0.15) is 36.1 Å². The van der Waals surface area contributed by atoms with Gasteiger partial charge < -0.3 is 0 Å². The fraction of sp³-hybridized carbons (Fsp3) is 0.231. The molecule has 1 aliphatic carbocycles. The van der Waals surface area contributed by atoms with Gasteiger partial charge in [0.15, 0.2) is 0 Å². The van der Waals surface area contributed by atoms with Gasteiger partial charge in [0.05, 0.1) is 0 Å². The van der Waals surface area contributed by atoms with Crippen molar-refractivity contribution >= 4 is 6.08 Å². The number of aryl methyl sites for hydroxylation is 2. The molecule has 0 heterocycles. The molecule has 0 radical (unpaired) electrons. The highest BCUT2D eigenvalue weighted by molar-refractivity contribution is 5.92. The zero-order valence-corrected chi connectivity index (χ0v) is 16.1. The van der Waals surface area contributed by atoms with Crippen molar-refractivity contribution in [3.63, 3.8) is 0 Å². The SMILES string of the molecule is Cc1cc(C)cc(-c2c(-c3ccccc3)ccc3c2C=C(C(C)C)C3)c1. The Morgan fingerprint density at radius 3 is 2.12 bits per heavy atom. The maximum Gasteiger partial charge on any atom is -0.00298 e. The Labute approximate surface area is 157 Å². The normalized spacial score (nSPS) is 13.0. The van der Waals surface area contributed by atoms with E-state index >= 15 is 0 Å². The molecular formula is C26H26. The van der Waals surface area contributed by atoms with Gasteiger partial charge in [0.2, 0.25) is 0 Å². The summed E-state index contributed by atoms with van der Waals surface area (Å²) in [5, 5.41) is 0. The van der Waals surface area contributed by atoms with E-state index in [1.54, 1.807) is 0 Å². The smallest absolute Gasteiger partial charge is 0.00298 e. The highest BCUT2D eigenvalue weighted by Crippen LogP contribution is 2.42. The lowest BCUT2D eigenvalue weighted by molar-refractivity contribution is 0.754. The topological polar surface area (TPSA) is 0 Å². The van der Waals surface area contributed by atoms with Gasteiger partial charge in [-0.05, 0) is 59.6 Å². The summed E-state index contributed by atoms with van der Waals surface area (Å²) in [6.45, 7) is 8.98. The third kappa shape index (κ3) is 3.01. The Kier molecular flexibility index (Phi) is 4.28. The zero-order chi connectivity index (χ0) is 18.3. The van der Waals surface area contributed by atoms with Crippen molar-refractivity contribution in [3.8, 4) is 22.3 Å². The first-order chi connectivity index (χ1) is 12.5. The number of hydrogen-bond donors (Lipinski definition) is 0. The molecule has 0 unspecified atom stereocenters. The lowest BCUT2D eigenvalue weighted by Crippen LogP contribution is -1.94. The highest BCUT2D eigenvalue weighted by atomic mass is 14.3. The fourth-order valence-corrected chi connectivity index (χ4v) is 4.10. The molecule has 0 saturated carbocycles. The van der Waals surface area contributed by atoms with Crippen LogP contribution >= 0.6 is 0 Å². The molecule has 3 aromatic rings. The molecule has 4 rings (SSSR count). The van der Waals surface area contributed by atoms with E-state index in [4.69, 9.17) is 0 Å². The van der Waals surface area contributed by atoms with Crippen molar-refractivity contribution in [1.29, 1.82) is 0 Å². The number of hydrogen-bond acceptors (Lipinski definition) is 0. The molecule has 0 spiro atoms. The van der Waals surface area contributed by atoms with Gasteiger partial charge in [0.1, 0.15) is 0 Å². The van der Waals surface area contributed by atoms with Crippen molar-refractivity contribution in [1.82, 2.24) is 0 Å². The standard InChI is InChI=1S/C26H26/c1-17(2)22-15-21-10-11-24(20-8-6-5-7-9-20)26(25(21)16-22)23-13-18(3)12-19(4)14-23/h5-14,16-17H,15H2,1-4H3. The summed E-state index contributed by atoms with van der Waals surface area (Å²) in [5.74, 6) is 0.592. The Bertz CT molecular complexity index is 968. The van der Waals surface area contributed by atoms with Crippen LogP contribution in [0.25, 0.3) is 28.3 Å². The summed E-state index contributed by atoms with van der Waals surface area (Å²) in [6, 6.07) is 22.3. The molecule has 1 aliphatic rings. The maximum atomic E-state index is 2.44. The second-order valence-electron chi connectivity index (χ2n) is 7.85. The Morgan fingerprint density at radius 2 is 1.46 bits per heavy atom. The molecule has 0 atom stereocenters. The van der Waals surface area contributed by atoms with Crippen LogP contribution in [0, 0.1) is 19.8 Å². The van der Waals surface area contributed by atoms with Gasteiger partial charge >= 0.3 is 0 Å². The summed E-state index contributed by atoms with van der Waals surface area (Å²) in [6.07, 6.45) is 3.53. The first-order valence-corrected chi connectivity index (χ1v) is 9.53. The van der Waals surface area contributed by atoms with Crippen LogP contribution in [0.15, 0.2) is 66.2 Å². The first kappa shape index (κ1) is 16.8. The minimum atomic E-state index is 0.592. The number of fused-ring (bicyclic) bond motifs is 1. The van der Waals surface area contributed by atoms with E-state index in [-0.39, 0.29) is 0 Å². The van der Waals surface area contributed by atoms with Crippen molar-refractivity contribution in [2.75, 3.05) is 0 Å². The Morgan fingerprint density at radius 1 is 0.769 bits per heavy atom. The van der Waals surface area contributed by atoms with Crippen LogP contribution in [0.3, 0.4) is 0 Å². The van der Waals surface area contributed by atoms with Gasteiger partial charge in [-0.3, -0.25) is 0 Å². The fourth-order valence-electron chi connectivity index (χ4n) is 4.10. The van der Waals surface area contributed by atoms with Gasteiger partial charge in [0.25, 0.3) is 0 Å². The molecule has 0 bridgehead atoms. The predicted molar refractivity (Wildman–Crippen MR) is 113 cm³/mol. The minimum Gasteiger partial charge on any atom is -0.0626 e. The van der Waals surface area contributed by atoms with Crippen LogP contribution in [-0.2, 0) is 6.42 Å². The van der Waals surface area contributed by atoms with Crippen LogP contribution in [0.2, 0.25) is 0 Å². The summed E-state index contributed by atoms with van der Waals surface area (Å²) in [4.78, 5) is 0. The third-order valence-corrected chi connectivity index (χ3v) is 5.40. The lowest BCUT2D eigenvalue weighted by Gasteiger charge is -2.16. The Balaban J connectivity index is 2.02. The van der Waals surface area contributed by atoms with Crippen molar-refractivity contribution < 1.29 is 0 Å². The molecule has 0 nitrogen and oxygen atoms in total. The molecule has 0 heteroatoms. The average Bonchev–Trinajstić information content (AvgIpc) is 3.05. The van der Waals surface area contributed by atoms with Crippen molar-refractivity contribution in [2.45, 2.75) is 34.1 Å². The lowest BCUT2D eigenvalue weighted by atomic mass is 9.87. The van der Waals surface area contributed by atoms with Gasteiger partial charge in [-0.25, -0.2) is 0 Å². The maximum absolute atomic E-state index is 2.44. The predicted octanol–water partition coefficient (Wildman–Crippen LogP) is 7.23. The molecule has 0 N–H and O–H groups in total. The summed E-state index contributed by atoms with van der Waals surface area (Å²) in [5.41, 5.74) is 12.4. The third-order valence-electron chi connectivity index (χ3n) is 5.40. The minimum absolute atomic E-state index is 0.592. The summed E-state index contributed by atoms with van der Waals surface area (Å²) >= 11 is 0. The van der Waals surface area contributed by atoms with E-state index in [1.807, 2.05) is 0 Å². The number of rotatable bonds is 3. The summed E-state index contributed by atoms with van der Waals surface area (Å²) in [7, 11) is 0. The molecule has 130 valence electrons. The highest BCUT2D eigenvalue weighted by Gasteiger charge is 2.21. The average molecular weight is 338 g/mol. The van der Waals surface area contributed by atoms with E-state index < -0.39 is 0 Å². The molecule has 0 saturated heterocycles. The summed E-state index contributed by atoms with van der Waals surface area (Å²) < 4.78 is 0. The molecule has 3 aromatic carbocycles. The van der Waals surface area contributed by atoms with E-state index in [1.165, 1.54) is 50.1 Å². The Hall–Kier alpha value is -2.60. The van der Waals surface area contributed by atoms with Crippen LogP contribution in [-0.4, -0.2) is 0 Å². The first-order valence-electron chi connectivity index (χ1n) is 9.53. The monoisotopic (exact) mass is 338 g/mol. The molecular weight excluding hydrogens is 312 g/mol. The number of allylic oxidation sites excluding steroid dienone is 1. The van der Waals surface area contributed by atoms with Gasteiger partial charge in [-0.15, -0.1) is 0 Å². The molecule has 26 heavy (non-hydrogen) atoms.